The molecule has 0 saturated carbocycles. The van der Waals surface area contributed by atoms with Crippen LogP contribution in [0.1, 0.15) is 0 Å². The number of rotatable bonds is 4. The van der Waals surface area contributed by atoms with Crippen LogP contribution in [0, 0.1) is 4.77 Å². The minimum absolute atomic E-state index is 0.494. The molecule has 6 aromatic rings. The summed E-state index contributed by atoms with van der Waals surface area (Å²) >= 11 is 15.9. The van der Waals surface area contributed by atoms with Gasteiger partial charge in [0.05, 0.1) is 28.1 Å². The Morgan fingerprint density at radius 1 is 0.703 bits per heavy atom. The van der Waals surface area contributed by atoms with Gasteiger partial charge in [0.2, 0.25) is 0 Å². The van der Waals surface area contributed by atoms with E-state index in [0.29, 0.717) is 26.4 Å². The number of hydrogen-bond acceptors (Lipinski definition) is 5. The molecule has 1 N–H and O–H groups in total. The second-order valence-electron chi connectivity index (χ2n) is 8.20. The van der Waals surface area contributed by atoms with Gasteiger partial charge in [0.1, 0.15) is 0 Å². The Kier molecular flexibility index (Phi) is 6.30. The number of benzene rings is 4. The molecule has 0 aliphatic rings. The maximum atomic E-state index is 6.22. The largest absolute Gasteiger partial charge is 0.278 e. The first-order chi connectivity index (χ1) is 18.1. The minimum Gasteiger partial charge on any atom is -0.278 e. The second-order valence-corrected chi connectivity index (χ2v) is 9.92. The van der Waals surface area contributed by atoms with Crippen molar-refractivity contribution in [2.24, 2.45) is 5.10 Å². The Labute approximate surface area is 230 Å². The van der Waals surface area contributed by atoms with Crippen LogP contribution in [0.15, 0.2) is 113 Å². The molecule has 0 amide bonds. The zero-order chi connectivity index (χ0) is 25.4. The van der Waals surface area contributed by atoms with Gasteiger partial charge in [0.15, 0.2) is 21.4 Å². The average Bonchev–Trinajstić information content (AvgIpc) is 3.04. The molecular weight excluding hydrogens is 568 g/mol. The summed E-state index contributed by atoms with van der Waals surface area (Å²) in [5, 5.41) is 6.01. The monoisotopic (exact) mass is 584 g/mol. The van der Waals surface area contributed by atoms with Crippen LogP contribution < -0.4 is 10.8 Å². The van der Waals surface area contributed by atoms with Crippen molar-refractivity contribution < 1.29 is 0 Å². The van der Waals surface area contributed by atoms with E-state index in [1.807, 2.05) is 112 Å². The van der Waals surface area contributed by atoms with Gasteiger partial charge in [-0.25, -0.2) is 9.97 Å². The van der Waals surface area contributed by atoms with E-state index in [0.717, 1.165) is 32.6 Å². The maximum Gasteiger partial charge on any atom is 0.192 e. The van der Waals surface area contributed by atoms with Gasteiger partial charge in [0, 0.05) is 9.50 Å². The fraction of sp³-hybridized carbons (Fsp3) is 0. The van der Waals surface area contributed by atoms with Gasteiger partial charge < -0.3 is 0 Å². The molecule has 0 saturated heterocycles. The van der Waals surface area contributed by atoms with Crippen molar-refractivity contribution in [3.05, 3.63) is 123 Å². The quantitative estimate of drug-likeness (QED) is 0.173. The summed E-state index contributed by atoms with van der Waals surface area (Å²) in [6.45, 7) is 0. The molecular formula is C28H18BrClN6S. The molecule has 0 fully saturated rings. The summed E-state index contributed by atoms with van der Waals surface area (Å²) in [5.41, 5.74) is 8.25. The van der Waals surface area contributed by atoms with Crippen molar-refractivity contribution in [3.63, 3.8) is 0 Å². The molecule has 9 heteroatoms. The number of halogens is 2. The summed E-state index contributed by atoms with van der Waals surface area (Å²) in [5.74, 6) is 0. The van der Waals surface area contributed by atoms with Gasteiger partial charge in [-0.05, 0) is 85.0 Å². The molecule has 2 bridgehead atoms. The molecule has 4 aromatic carbocycles. The number of nitrogens with zero attached hydrogens (tertiary/aromatic N) is 5. The lowest BCUT2D eigenvalue weighted by molar-refractivity contribution is 0.886. The first-order valence-corrected chi connectivity index (χ1v) is 13.0. The normalized spacial score (nSPS) is 11.8. The highest BCUT2D eigenvalue weighted by Gasteiger charge is 2.16. The molecule has 37 heavy (non-hydrogen) atoms. The topological polar surface area (TPSA) is 60.0 Å². The van der Waals surface area contributed by atoms with E-state index < -0.39 is 0 Å². The highest BCUT2D eigenvalue weighted by atomic mass is 79.9. The standard InChI is InChI=1S/C28H18BrClN6S/c29-18-10-14-21(15-11-18)35-26-25(34-33-20-6-2-1-3-7-20)27(32-24-9-5-4-8-23(24)31-26)36(28(35)37)22-16-12-19(30)13-17-22/h1-17,33H/b34-25+. The molecule has 0 aliphatic carbocycles. The fourth-order valence-corrected chi connectivity index (χ4v) is 4.83. The summed E-state index contributed by atoms with van der Waals surface area (Å²) in [7, 11) is 0. The Balaban J connectivity index is 1.82. The molecule has 0 aliphatic heterocycles. The minimum atomic E-state index is 0.494. The number of fused-ring (bicyclic) bond motifs is 3. The molecule has 0 atom stereocenters. The SMILES string of the molecule is S=c1n(-c2ccc(Cl)cc2)c2nc3ccccc3nc(/c2=N\Nc2ccccc2)n1-c1ccc(Br)cc1. The third-order valence-electron chi connectivity index (χ3n) is 5.80. The lowest BCUT2D eigenvalue weighted by atomic mass is 10.3. The van der Waals surface area contributed by atoms with E-state index in [9.17, 15) is 0 Å². The Morgan fingerprint density at radius 2 is 1.22 bits per heavy atom. The average molecular weight is 586 g/mol. The van der Waals surface area contributed by atoms with Gasteiger partial charge in [-0.3, -0.25) is 14.6 Å². The molecule has 0 unspecified atom stereocenters. The summed E-state index contributed by atoms with van der Waals surface area (Å²) < 4.78 is 5.28. The van der Waals surface area contributed by atoms with E-state index in [2.05, 4.69) is 21.4 Å². The first-order valence-electron chi connectivity index (χ1n) is 11.4. The summed E-state index contributed by atoms with van der Waals surface area (Å²) in [4.78, 5) is 10.1. The molecule has 2 heterocycles. The summed E-state index contributed by atoms with van der Waals surface area (Å²) in [6.07, 6.45) is 0. The van der Waals surface area contributed by atoms with E-state index in [4.69, 9.17) is 38.9 Å². The van der Waals surface area contributed by atoms with E-state index >= 15 is 0 Å². The van der Waals surface area contributed by atoms with Crippen LogP contribution in [0.2, 0.25) is 5.02 Å². The number of anilines is 1. The lowest BCUT2D eigenvalue weighted by Gasteiger charge is -2.16. The Hall–Kier alpha value is -3.85. The van der Waals surface area contributed by atoms with Gasteiger partial charge in [0.25, 0.3) is 0 Å². The van der Waals surface area contributed by atoms with Gasteiger partial charge in [-0.1, -0.05) is 57.9 Å². The molecule has 0 radical (unpaired) electrons. The van der Waals surface area contributed by atoms with Crippen LogP contribution in [0.4, 0.5) is 5.69 Å². The van der Waals surface area contributed by atoms with Crippen molar-refractivity contribution in [2.75, 3.05) is 5.43 Å². The van der Waals surface area contributed by atoms with Crippen molar-refractivity contribution in [2.45, 2.75) is 0 Å². The van der Waals surface area contributed by atoms with Crippen LogP contribution in [0.25, 0.3) is 33.7 Å². The molecule has 180 valence electrons. The third kappa shape index (κ3) is 4.55. The van der Waals surface area contributed by atoms with Crippen LogP contribution in [0.3, 0.4) is 0 Å². The summed E-state index contributed by atoms with van der Waals surface area (Å²) in [6, 6.07) is 32.9. The van der Waals surface area contributed by atoms with Gasteiger partial charge in [-0.2, -0.15) is 5.10 Å². The van der Waals surface area contributed by atoms with Crippen molar-refractivity contribution in [1.29, 1.82) is 0 Å². The number of hydrogen-bond donors (Lipinski definition) is 1. The van der Waals surface area contributed by atoms with Gasteiger partial charge >= 0.3 is 0 Å². The van der Waals surface area contributed by atoms with Crippen molar-refractivity contribution >= 4 is 67.8 Å². The van der Waals surface area contributed by atoms with E-state index in [1.165, 1.54) is 0 Å². The van der Waals surface area contributed by atoms with Crippen LogP contribution in [-0.4, -0.2) is 19.1 Å². The highest BCUT2D eigenvalue weighted by Crippen LogP contribution is 2.22. The smallest absolute Gasteiger partial charge is 0.192 e. The maximum absolute atomic E-state index is 6.22. The number of nitrogens with one attached hydrogen (secondary N) is 1. The number of para-hydroxylation sites is 3. The Bertz CT molecular complexity index is 1770. The zero-order valence-corrected chi connectivity index (χ0v) is 22.4. The highest BCUT2D eigenvalue weighted by molar-refractivity contribution is 9.10. The molecule has 0 spiro atoms. The predicted molar refractivity (Wildman–Crippen MR) is 155 cm³/mol. The Morgan fingerprint density at radius 3 is 1.78 bits per heavy atom. The van der Waals surface area contributed by atoms with Crippen LogP contribution in [0.5, 0.6) is 0 Å². The van der Waals surface area contributed by atoms with Gasteiger partial charge in [-0.15, -0.1) is 0 Å². The lowest BCUT2D eigenvalue weighted by Crippen LogP contribution is -2.23. The first kappa shape index (κ1) is 23.5. The molecule has 2 aromatic heterocycles. The third-order valence-corrected chi connectivity index (χ3v) is 6.95. The predicted octanol–water partition coefficient (Wildman–Crippen LogP) is 7.44. The van der Waals surface area contributed by atoms with E-state index in [-0.39, 0.29) is 0 Å². The number of aromatic nitrogens is 4. The fourth-order valence-electron chi connectivity index (χ4n) is 4.06. The van der Waals surface area contributed by atoms with Crippen molar-refractivity contribution in [1.82, 2.24) is 19.1 Å². The zero-order valence-electron chi connectivity index (χ0n) is 19.2. The molecule has 6 rings (SSSR count). The molecule has 6 nitrogen and oxygen atoms in total. The van der Waals surface area contributed by atoms with Crippen LogP contribution >= 0.6 is 39.7 Å². The second kappa shape index (κ2) is 9.89. The van der Waals surface area contributed by atoms with Crippen LogP contribution in [-0.2, 0) is 0 Å². The van der Waals surface area contributed by atoms with Crippen molar-refractivity contribution in [3.8, 4) is 11.4 Å². The van der Waals surface area contributed by atoms with E-state index in [1.54, 1.807) is 0 Å².